The number of H-pyrrole nitrogens is 1. The molecule has 136 valence electrons. The zero-order valence-corrected chi connectivity index (χ0v) is 14.4. The SMILES string of the molecule is CCOc1nc(C(=O)Nc2ccc3[nH]cc(C(N)=O)c3c2)cc(N)c1C#N. The Kier molecular flexibility index (Phi) is 4.64. The molecule has 0 aliphatic carbocycles. The minimum Gasteiger partial charge on any atom is -0.477 e. The number of ether oxygens (including phenoxy) is 1. The molecule has 6 N–H and O–H groups in total. The van der Waals surface area contributed by atoms with Gasteiger partial charge >= 0.3 is 0 Å². The van der Waals surface area contributed by atoms with E-state index < -0.39 is 11.8 Å². The van der Waals surface area contributed by atoms with Gasteiger partial charge in [0.25, 0.3) is 11.8 Å². The van der Waals surface area contributed by atoms with Crippen molar-refractivity contribution in [3.63, 3.8) is 0 Å². The van der Waals surface area contributed by atoms with Crippen molar-refractivity contribution in [3.8, 4) is 11.9 Å². The molecule has 0 radical (unpaired) electrons. The Bertz CT molecular complexity index is 1100. The highest BCUT2D eigenvalue weighted by Gasteiger charge is 2.17. The average molecular weight is 364 g/mol. The molecule has 0 saturated heterocycles. The highest BCUT2D eigenvalue weighted by atomic mass is 16.5. The second-order valence-corrected chi connectivity index (χ2v) is 5.60. The van der Waals surface area contributed by atoms with Crippen LogP contribution in [0.2, 0.25) is 0 Å². The van der Waals surface area contributed by atoms with Gasteiger partial charge in [-0.3, -0.25) is 9.59 Å². The van der Waals surface area contributed by atoms with Crippen molar-refractivity contribution in [2.45, 2.75) is 6.92 Å². The lowest BCUT2D eigenvalue weighted by Crippen LogP contribution is -2.16. The third-order valence-electron chi connectivity index (χ3n) is 3.85. The minimum absolute atomic E-state index is 0.000703. The summed E-state index contributed by atoms with van der Waals surface area (Å²) in [6.07, 6.45) is 1.51. The number of carbonyl (C=O) groups excluding carboxylic acids is 2. The summed E-state index contributed by atoms with van der Waals surface area (Å²) >= 11 is 0. The van der Waals surface area contributed by atoms with E-state index >= 15 is 0 Å². The summed E-state index contributed by atoms with van der Waals surface area (Å²) in [5.74, 6) is -1.11. The number of hydrogen-bond donors (Lipinski definition) is 4. The van der Waals surface area contributed by atoms with Gasteiger partial charge in [0, 0.05) is 22.8 Å². The van der Waals surface area contributed by atoms with Crippen molar-refractivity contribution in [2.24, 2.45) is 5.73 Å². The molecule has 27 heavy (non-hydrogen) atoms. The van der Waals surface area contributed by atoms with Crippen molar-refractivity contribution < 1.29 is 14.3 Å². The second kappa shape index (κ2) is 7.05. The van der Waals surface area contributed by atoms with Gasteiger partial charge in [-0.05, 0) is 31.2 Å². The lowest BCUT2D eigenvalue weighted by atomic mass is 10.1. The Hall–Kier alpha value is -4.06. The van der Waals surface area contributed by atoms with Gasteiger partial charge in [0.1, 0.15) is 17.3 Å². The molecule has 0 aliphatic rings. The number of primary amides is 1. The zero-order chi connectivity index (χ0) is 19.6. The third kappa shape index (κ3) is 3.36. The minimum atomic E-state index is -0.576. The maximum atomic E-state index is 12.5. The predicted octanol–water partition coefficient (Wildman–Crippen LogP) is 1.77. The van der Waals surface area contributed by atoms with Gasteiger partial charge in [-0.1, -0.05) is 0 Å². The number of amides is 2. The lowest BCUT2D eigenvalue weighted by molar-refractivity contribution is 0.0998. The van der Waals surface area contributed by atoms with Crippen LogP contribution in [0, 0.1) is 11.3 Å². The number of carbonyl (C=O) groups is 2. The number of nitrogens with one attached hydrogen (secondary N) is 2. The molecule has 0 fully saturated rings. The molecule has 2 aromatic heterocycles. The quantitative estimate of drug-likeness (QED) is 0.539. The number of hydrogen-bond acceptors (Lipinski definition) is 6. The molecular weight excluding hydrogens is 348 g/mol. The first-order chi connectivity index (χ1) is 12.9. The van der Waals surface area contributed by atoms with Gasteiger partial charge in [0.15, 0.2) is 0 Å². The molecule has 0 unspecified atom stereocenters. The number of nitrogens with zero attached hydrogens (tertiary/aromatic N) is 2. The van der Waals surface area contributed by atoms with Crippen LogP contribution < -0.4 is 21.5 Å². The molecule has 0 atom stereocenters. The number of nitrogen functional groups attached to an aromatic ring is 1. The van der Waals surface area contributed by atoms with E-state index in [4.69, 9.17) is 21.5 Å². The Balaban J connectivity index is 1.93. The predicted molar refractivity (Wildman–Crippen MR) is 99.3 cm³/mol. The summed E-state index contributed by atoms with van der Waals surface area (Å²) < 4.78 is 5.29. The van der Waals surface area contributed by atoms with E-state index in [-0.39, 0.29) is 29.4 Å². The Morgan fingerprint density at radius 2 is 2.15 bits per heavy atom. The number of nitriles is 1. The standard InChI is InChI=1S/C18H16N6O3/c1-2-27-18-11(7-19)13(20)6-15(24-18)17(26)23-9-3-4-14-10(5-9)12(8-22-14)16(21)25/h3-6,8,22H,2H2,1H3,(H2,20,24)(H2,21,25)(H,23,26). The molecule has 0 aliphatic heterocycles. The Morgan fingerprint density at radius 3 is 2.81 bits per heavy atom. The van der Waals surface area contributed by atoms with Gasteiger partial charge in [0.2, 0.25) is 5.88 Å². The van der Waals surface area contributed by atoms with E-state index in [2.05, 4.69) is 15.3 Å². The lowest BCUT2D eigenvalue weighted by Gasteiger charge is -2.10. The molecule has 2 amide bonds. The van der Waals surface area contributed by atoms with Gasteiger partial charge in [-0.15, -0.1) is 0 Å². The third-order valence-corrected chi connectivity index (χ3v) is 3.85. The number of pyridine rings is 1. The average Bonchev–Trinajstić information content (AvgIpc) is 3.05. The van der Waals surface area contributed by atoms with Gasteiger partial charge < -0.3 is 26.5 Å². The Morgan fingerprint density at radius 1 is 1.37 bits per heavy atom. The highest BCUT2D eigenvalue weighted by Crippen LogP contribution is 2.25. The Labute approximate surface area is 153 Å². The summed E-state index contributed by atoms with van der Waals surface area (Å²) in [5, 5.41) is 12.4. The van der Waals surface area contributed by atoms with Gasteiger partial charge in [-0.2, -0.15) is 5.26 Å². The number of anilines is 2. The van der Waals surface area contributed by atoms with Gasteiger partial charge in [0.05, 0.1) is 17.9 Å². The van der Waals surface area contributed by atoms with E-state index in [0.717, 1.165) is 0 Å². The maximum Gasteiger partial charge on any atom is 0.274 e. The topological polar surface area (TPSA) is 160 Å². The molecule has 0 saturated carbocycles. The normalized spacial score (nSPS) is 10.4. The molecule has 0 bridgehead atoms. The van der Waals surface area contributed by atoms with Crippen molar-refractivity contribution in [1.82, 2.24) is 9.97 Å². The first kappa shape index (κ1) is 17.8. The number of aromatic amines is 1. The largest absolute Gasteiger partial charge is 0.477 e. The molecule has 1 aromatic carbocycles. The summed E-state index contributed by atoms with van der Waals surface area (Å²) in [7, 11) is 0. The summed E-state index contributed by atoms with van der Waals surface area (Å²) in [6, 6.07) is 8.21. The van der Waals surface area contributed by atoms with Crippen molar-refractivity contribution in [2.75, 3.05) is 17.7 Å². The maximum absolute atomic E-state index is 12.5. The van der Waals surface area contributed by atoms with Crippen LogP contribution in [0.3, 0.4) is 0 Å². The molecule has 0 spiro atoms. The molecule has 3 aromatic rings. The number of nitrogens with two attached hydrogens (primary N) is 2. The van der Waals surface area contributed by atoms with Crippen LogP contribution in [0.25, 0.3) is 10.9 Å². The van der Waals surface area contributed by atoms with E-state index in [1.165, 1.54) is 12.3 Å². The van der Waals surface area contributed by atoms with Crippen molar-refractivity contribution >= 4 is 34.1 Å². The molecule has 9 heteroatoms. The summed E-state index contributed by atoms with van der Waals surface area (Å²) in [5.41, 5.74) is 12.8. The van der Waals surface area contributed by atoms with Crippen LogP contribution in [-0.4, -0.2) is 28.4 Å². The molecule has 9 nitrogen and oxygen atoms in total. The van der Waals surface area contributed by atoms with Crippen LogP contribution >= 0.6 is 0 Å². The van der Waals surface area contributed by atoms with Crippen LogP contribution in [0.4, 0.5) is 11.4 Å². The highest BCUT2D eigenvalue weighted by molar-refractivity contribution is 6.08. The number of fused-ring (bicyclic) bond motifs is 1. The van der Waals surface area contributed by atoms with Crippen LogP contribution in [-0.2, 0) is 0 Å². The number of aromatic nitrogens is 2. The van der Waals surface area contributed by atoms with Crippen LogP contribution in [0.5, 0.6) is 5.88 Å². The zero-order valence-electron chi connectivity index (χ0n) is 14.4. The fourth-order valence-electron chi connectivity index (χ4n) is 2.61. The van der Waals surface area contributed by atoms with Crippen LogP contribution in [0.15, 0.2) is 30.5 Å². The monoisotopic (exact) mass is 364 g/mol. The van der Waals surface area contributed by atoms with Gasteiger partial charge in [-0.25, -0.2) is 4.98 Å². The smallest absolute Gasteiger partial charge is 0.274 e. The van der Waals surface area contributed by atoms with E-state index in [1.54, 1.807) is 25.1 Å². The molecule has 3 rings (SSSR count). The van der Waals surface area contributed by atoms with Crippen LogP contribution in [0.1, 0.15) is 33.3 Å². The first-order valence-electron chi connectivity index (χ1n) is 8.00. The first-order valence-corrected chi connectivity index (χ1v) is 8.00. The number of benzene rings is 1. The number of rotatable bonds is 5. The molecular formula is C18H16N6O3. The fourth-order valence-corrected chi connectivity index (χ4v) is 2.61. The molecule has 2 heterocycles. The van der Waals surface area contributed by atoms with Crippen molar-refractivity contribution in [1.29, 1.82) is 5.26 Å². The van der Waals surface area contributed by atoms with E-state index in [0.29, 0.717) is 22.2 Å². The van der Waals surface area contributed by atoms with Crippen molar-refractivity contribution in [3.05, 3.63) is 47.3 Å². The van der Waals surface area contributed by atoms with E-state index in [9.17, 15) is 9.59 Å². The van der Waals surface area contributed by atoms with E-state index in [1.807, 2.05) is 6.07 Å². The summed E-state index contributed by atoms with van der Waals surface area (Å²) in [6.45, 7) is 2.00. The second-order valence-electron chi connectivity index (χ2n) is 5.60. The fraction of sp³-hybridized carbons (Fsp3) is 0.111. The summed E-state index contributed by atoms with van der Waals surface area (Å²) in [4.78, 5) is 31.0.